The molecule has 1 rings (SSSR count). The van der Waals surface area contributed by atoms with Crippen LogP contribution in [0, 0.1) is 0 Å². The second-order valence-electron chi connectivity index (χ2n) is 1.53. The van der Waals surface area contributed by atoms with E-state index in [9.17, 15) is 4.79 Å². The van der Waals surface area contributed by atoms with Gasteiger partial charge in [0.15, 0.2) is 0 Å². The fourth-order valence-corrected chi connectivity index (χ4v) is 0.531. The van der Waals surface area contributed by atoms with Gasteiger partial charge in [0.2, 0.25) is 0 Å². The zero-order valence-corrected chi connectivity index (χ0v) is 5.01. The number of nitrogens with one attached hydrogen (secondary N) is 2. The molecule has 0 fully saturated rings. The Hall–Kier alpha value is -1.32. The molecular weight excluding hydrogens is 118 g/mol. The van der Waals surface area contributed by atoms with E-state index in [-0.39, 0.29) is 5.56 Å². The molecule has 0 amide bonds. The number of aromatic amines is 2. The molecule has 0 saturated carbocycles. The molecule has 1 heterocycles. The van der Waals surface area contributed by atoms with E-state index in [1.54, 1.807) is 13.1 Å². The number of H-pyrrole nitrogens is 2. The Morgan fingerprint density at radius 1 is 1.67 bits per heavy atom. The van der Waals surface area contributed by atoms with Gasteiger partial charge in [-0.15, -0.1) is 0 Å². The van der Waals surface area contributed by atoms with Crippen LogP contribution in [0.15, 0.2) is 15.9 Å². The number of rotatable bonds is 1. The van der Waals surface area contributed by atoms with Gasteiger partial charge in [0, 0.05) is 12.3 Å². The second kappa shape index (κ2) is 2.30. The number of nitrogens with zero attached hydrogens (tertiary/aromatic N) is 1. The molecule has 0 aliphatic heterocycles. The van der Waals surface area contributed by atoms with Crippen molar-refractivity contribution >= 4 is 12.0 Å². The van der Waals surface area contributed by atoms with Crippen molar-refractivity contribution in [3.63, 3.8) is 0 Å². The number of aromatic nitrogens is 2. The van der Waals surface area contributed by atoms with E-state index in [0.29, 0.717) is 5.82 Å². The first kappa shape index (κ1) is 5.81. The molecule has 0 aliphatic carbocycles. The van der Waals surface area contributed by atoms with Crippen LogP contribution in [0.5, 0.6) is 0 Å². The molecular formula is C5H7N3O. The van der Waals surface area contributed by atoms with Crippen molar-refractivity contribution in [3.8, 4) is 0 Å². The predicted octanol–water partition coefficient (Wildman–Crippen LogP) is 0.425. The van der Waals surface area contributed by atoms with Crippen LogP contribution in [0.4, 0.5) is 5.82 Å². The van der Waals surface area contributed by atoms with Gasteiger partial charge in [-0.05, 0) is 6.92 Å². The summed E-state index contributed by atoms with van der Waals surface area (Å²) in [5.41, 5.74) is -0.157. The maximum absolute atomic E-state index is 10.4. The zero-order chi connectivity index (χ0) is 6.69. The van der Waals surface area contributed by atoms with E-state index < -0.39 is 0 Å². The average molecular weight is 125 g/mol. The SMILES string of the molecule is C/C=N\c1cc(=O)[nH][nH]1. The summed E-state index contributed by atoms with van der Waals surface area (Å²) in [7, 11) is 0. The normalized spacial score (nSPS) is 10.8. The molecule has 2 N–H and O–H groups in total. The molecule has 1 aromatic heterocycles. The third kappa shape index (κ3) is 1.28. The Morgan fingerprint density at radius 2 is 2.44 bits per heavy atom. The van der Waals surface area contributed by atoms with Gasteiger partial charge >= 0.3 is 0 Å². The molecule has 4 heteroatoms. The minimum Gasteiger partial charge on any atom is -0.281 e. The van der Waals surface area contributed by atoms with Gasteiger partial charge in [-0.1, -0.05) is 0 Å². The lowest BCUT2D eigenvalue weighted by molar-refractivity contribution is 1.05. The van der Waals surface area contributed by atoms with E-state index in [0.717, 1.165) is 0 Å². The van der Waals surface area contributed by atoms with Crippen LogP contribution in [0.2, 0.25) is 0 Å². The highest BCUT2D eigenvalue weighted by Crippen LogP contribution is 1.97. The van der Waals surface area contributed by atoms with Crippen LogP contribution < -0.4 is 5.56 Å². The topological polar surface area (TPSA) is 61.0 Å². The van der Waals surface area contributed by atoms with E-state index in [2.05, 4.69) is 15.2 Å². The van der Waals surface area contributed by atoms with E-state index in [4.69, 9.17) is 0 Å². The summed E-state index contributed by atoms with van der Waals surface area (Å²) in [4.78, 5) is 14.2. The minimum atomic E-state index is -0.157. The van der Waals surface area contributed by atoms with Gasteiger partial charge in [0.05, 0.1) is 0 Å². The summed E-state index contributed by atoms with van der Waals surface area (Å²) in [6.07, 6.45) is 1.61. The maximum Gasteiger partial charge on any atom is 0.266 e. The Kier molecular flexibility index (Phi) is 1.48. The van der Waals surface area contributed by atoms with Crippen molar-refractivity contribution < 1.29 is 0 Å². The van der Waals surface area contributed by atoms with E-state index in [1.165, 1.54) is 6.07 Å². The molecule has 0 bridgehead atoms. The highest BCUT2D eigenvalue weighted by molar-refractivity contribution is 5.58. The van der Waals surface area contributed by atoms with Gasteiger partial charge in [0.1, 0.15) is 5.82 Å². The van der Waals surface area contributed by atoms with Gasteiger partial charge in [-0.25, -0.2) is 4.99 Å². The summed E-state index contributed by atoms with van der Waals surface area (Å²) in [5, 5.41) is 4.93. The fraction of sp³-hybridized carbons (Fsp3) is 0.200. The molecule has 0 radical (unpaired) electrons. The molecule has 0 unspecified atom stereocenters. The van der Waals surface area contributed by atoms with Gasteiger partial charge in [-0.2, -0.15) is 0 Å². The van der Waals surface area contributed by atoms with Crippen molar-refractivity contribution in [3.05, 3.63) is 16.4 Å². The van der Waals surface area contributed by atoms with Crippen molar-refractivity contribution in [1.82, 2.24) is 10.2 Å². The molecule has 0 saturated heterocycles. The van der Waals surface area contributed by atoms with Crippen LogP contribution in [0.1, 0.15) is 6.92 Å². The molecule has 0 aromatic carbocycles. The fourth-order valence-electron chi connectivity index (χ4n) is 0.531. The molecule has 0 atom stereocenters. The standard InChI is InChI=1S/C5H7N3O/c1-2-6-4-3-5(9)8-7-4/h2-3H,1H3,(H2,7,8,9)/b6-2-. The van der Waals surface area contributed by atoms with Crippen LogP contribution >= 0.6 is 0 Å². The quantitative estimate of drug-likeness (QED) is 0.525. The number of aliphatic imine (C=N–C) groups is 1. The number of hydrogen-bond donors (Lipinski definition) is 2. The molecule has 0 spiro atoms. The third-order valence-electron chi connectivity index (χ3n) is 0.850. The first-order valence-corrected chi connectivity index (χ1v) is 2.59. The minimum absolute atomic E-state index is 0.157. The summed E-state index contributed by atoms with van der Waals surface area (Å²) < 4.78 is 0. The largest absolute Gasteiger partial charge is 0.281 e. The van der Waals surface area contributed by atoms with Crippen molar-refractivity contribution in [2.75, 3.05) is 0 Å². The summed E-state index contributed by atoms with van der Waals surface area (Å²) in [6, 6.07) is 1.39. The van der Waals surface area contributed by atoms with Crippen LogP contribution in [-0.2, 0) is 0 Å². The zero-order valence-electron chi connectivity index (χ0n) is 5.01. The van der Waals surface area contributed by atoms with Crippen molar-refractivity contribution in [1.29, 1.82) is 0 Å². The van der Waals surface area contributed by atoms with Crippen LogP contribution in [0.3, 0.4) is 0 Å². The Bertz CT molecular complexity index is 257. The molecule has 4 nitrogen and oxygen atoms in total. The van der Waals surface area contributed by atoms with Crippen molar-refractivity contribution in [2.45, 2.75) is 6.92 Å². The summed E-state index contributed by atoms with van der Waals surface area (Å²) >= 11 is 0. The lowest BCUT2D eigenvalue weighted by atomic mass is 10.6. The molecule has 48 valence electrons. The average Bonchev–Trinajstić information content (AvgIpc) is 2.17. The lowest BCUT2D eigenvalue weighted by Gasteiger charge is -1.76. The number of hydrogen-bond acceptors (Lipinski definition) is 2. The summed E-state index contributed by atoms with van der Waals surface area (Å²) in [5.74, 6) is 0.558. The Balaban J connectivity index is 2.98. The monoisotopic (exact) mass is 125 g/mol. The first-order valence-electron chi connectivity index (χ1n) is 2.59. The van der Waals surface area contributed by atoms with Crippen molar-refractivity contribution in [2.24, 2.45) is 4.99 Å². The molecule has 9 heavy (non-hydrogen) atoms. The van der Waals surface area contributed by atoms with E-state index >= 15 is 0 Å². The highest BCUT2D eigenvalue weighted by atomic mass is 16.1. The highest BCUT2D eigenvalue weighted by Gasteiger charge is 1.87. The van der Waals surface area contributed by atoms with E-state index in [1.807, 2.05) is 0 Å². The lowest BCUT2D eigenvalue weighted by Crippen LogP contribution is -1.93. The van der Waals surface area contributed by atoms with Gasteiger partial charge in [-0.3, -0.25) is 15.0 Å². The second-order valence-corrected chi connectivity index (χ2v) is 1.53. The maximum atomic E-state index is 10.4. The predicted molar refractivity (Wildman–Crippen MR) is 35.2 cm³/mol. The molecule has 1 aromatic rings. The smallest absolute Gasteiger partial charge is 0.266 e. The van der Waals surface area contributed by atoms with Gasteiger partial charge < -0.3 is 0 Å². The molecule has 0 aliphatic rings. The third-order valence-corrected chi connectivity index (χ3v) is 0.850. The first-order chi connectivity index (χ1) is 4.33. The van der Waals surface area contributed by atoms with Crippen LogP contribution in [0.25, 0.3) is 0 Å². The van der Waals surface area contributed by atoms with Crippen LogP contribution in [-0.4, -0.2) is 16.4 Å². The Morgan fingerprint density at radius 3 is 2.89 bits per heavy atom. The Labute approximate surface area is 51.6 Å². The summed E-state index contributed by atoms with van der Waals surface area (Å²) in [6.45, 7) is 1.78. The van der Waals surface area contributed by atoms with Gasteiger partial charge in [0.25, 0.3) is 5.56 Å².